The summed E-state index contributed by atoms with van der Waals surface area (Å²) >= 11 is 0. The largest absolute Gasteiger partial charge is 0.496 e. The number of para-hydroxylation sites is 1. The summed E-state index contributed by atoms with van der Waals surface area (Å²) in [6.07, 6.45) is 2.28. The van der Waals surface area contributed by atoms with E-state index >= 15 is 0 Å². The number of piperidine rings is 1. The van der Waals surface area contributed by atoms with E-state index in [4.69, 9.17) is 14.2 Å². The van der Waals surface area contributed by atoms with Crippen molar-refractivity contribution < 1.29 is 38.2 Å². The highest BCUT2D eigenvalue weighted by Crippen LogP contribution is 2.48. The highest BCUT2D eigenvalue weighted by atomic mass is 16.6. The molecule has 0 unspecified atom stereocenters. The summed E-state index contributed by atoms with van der Waals surface area (Å²) in [5, 5.41) is 8.91. The van der Waals surface area contributed by atoms with Gasteiger partial charge >= 0.3 is 12.1 Å². The highest BCUT2D eigenvalue weighted by molar-refractivity contribution is 5.98. The van der Waals surface area contributed by atoms with Crippen molar-refractivity contribution in [2.45, 2.75) is 108 Å². The zero-order chi connectivity index (χ0) is 40.2. The van der Waals surface area contributed by atoms with Crippen molar-refractivity contribution in [2.75, 3.05) is 26.7 Å². The summed E-state index contributed by atoms with van der Waals surface area (Å²) in [6, 6.07) is 23.2. The predicted octanol–water partition coefficient (Wildman–Crippen LogP) is 6.02. The fraction of sp³-hybridized carbons (Fsp3) is 0.477. The number of likely N-dealkylation sites (tertiary alicyclic amines) is 1. The van der Waals surface area contributed by atoms with Gasteiger partial charge in [-0.3, -0.25) is 14.4 Å². The number of fused-ring (bicyclic) bond motifs is 1. The van der Waals surface area contributed by atoms with Crippen LogP contribution in [0.4, 0.5) is 4.79 Å². The molecule has 56 heavy (non-hydrogen) atoms. The van der Waals surface area contributed by atoms with Crippen molar-refractivity contribution in [3.63, 3.8) is 0 Å². The molecular formula is C44H56N4O8. The van der Waals surface area contributed by atoms with Crippen LogP contribution in [0.25, 0.3) is 0 Å². The SMILES string of the molecule is COc1ccccc1C(=O)NC1CCN(C(=O)[C@H]2CC[C@@](C(=O)N[C@@H](CCCCNC(=O)OC(C)C)C(=O)OC(C)C)(c3ccccc3)c3ccccc32)CC1. The monoisotopic (exact) mass is 768 g/mol. The predicted molar refractivity (Wildman–Crippen MR) is 212 cm³/mol. The van der Waals surface area contributed by atoms with Crippen LogP contribution < -0.4 is 20.7 Å². The van der Waals surface area contributed by atoms with Crippen LogP contribution in [0.5, 0.6) is 5.75 Å². The normalized spacial score (nSPS) is 18.7. The van der Waals surface area contributed by atoms with Crippen LogP contribution in [0.15, 0.2) is 78.9 Å². The fourth-order valence-corrected chi connectivity index (χ4v) is 7.81. The van der Waals surface area contributed by atoms with Gasteiger partial charge in [-0.2, -0.15) is 0 Å². The fourth-order valence-electron chi connectivity index (χ4n) is 7.81. The van der Waals surface area contributed by atoms with E-state index in [9.17, 15) is 24.0 Å². The minimum absolute atomic E-state index is 0.00158. The Morgan fingerprint density at radius 2 is 1.46 bits per heavy atom. The number of nitrogens with one attached hydrogen (secondary N) is 3. The molecule has 3 N–H and O–H groups in total. The van der Waals surface area contributed by atoms with Crippen LogP contribution in [0.3, 0.4) is 0 Å². The van der Waals surface area contributed by atoms with Crippen LogP contribution in [0, 0.1) is 0 Å². The van der Waals surface area contributed by atoms with Gasteiger partial charge in [0, 0.05) is 25.7 Å². The summed E-state index contributed by atoms with van der Waals surface area (Å²) in [5.74, 6) is -1.02. The smallest absolute Gasteiger partial charge is 0.407 e. The number of methoxy groups -OCH3 is 1. The first-order chi connectivity index (χ1) is 26.9. The van der Waals surface area contributed by atoms with Gasteiger partial charge in [0.05, 0.1) is 36.2 Å². The van der Waals surface area contributed by atoms with E-state index in [0.717, 1.165) is 16.7 Å². The van der Waals surface area contributed by atoms with Gasteiger partial charge in [0.25, 0.3) is 5.91 Å². The zero-order valence-electron chi connectivity index (χ0n) is 33.2. The average molecular weight is 769 g/mol. The molecule has 1 saturated heterocycles. The van der Waals surface area contributed by atoms with Gasteiger partial charge in [-0.25, -0.2) is 9.59 Å². The topological polar surface area (TPSA) is 152 Å². The van der Waals surface area contributed by atoms with E-state index in [1.165, 1.54) is 7.11 Å². The Labute approximate surface area is 330 Å². The molecule has 2 aliphatic rings. The van der Waals surface area contributed by atoms with Gasteiger partial charge in [-0.1, -0.05) is 66.7 Å². The van der Waals surface area contributed by atoms with E-state index in [1.807, 2.05) is 65.6 Å². The second kappa shape index (κ2) is 19.5. The number of ether oxygens (including phenoxy) is 3. The molecule has 1 aliphatic carbocycles. The van der Waals surface area contributed by atoms with Crippen molar-refractivity contribution in [1.82, 2.24) is 20.9 Å². The van der Waals surface area contributed by atoms with Gasteiger partial charge in [-0.05, 0) is 101 Å². The molecule has 3 aromatic carbocycles. The Kier molecular flexibility index (Phi) is 14.5. The molecule has 12 heteroatoms. The maximum absolute atomic E-state index is 14.9. The van der Waals surface area contributed by atoms with Crippen LogP contribution in [0.1, 0.15) is 106 Å². The van der Waals surface area contributed by atoms with Crippen molar-refractivity contribution in [3.8, 4) is 5.75 Å². The first kappa shape index (κ1) is 41.8. The molecule has 4 amide bonds. The number of hydrogen-bond donors (Lipinski definition) is 3. The third-order valence-corrected chi connectivity index (χ3v) is 10.5. The van der Waals surface area contributed by atoms with E-state index in [2.05, 4.69) is 16.0 Å². The van der Waals surface area contributed by atoms with E-state index in [0.29, 0.717) is 75.9 Å². The summed E-state index contributed by atoms with van der Waals surface area (Å²) in [7, 11) is 1.54. The minimum atomic E-state index is -1.18. The summed E-state index contributed by atoms with van der Waals surface area (Å²) in [5.41, 5.74) is 1.58. The number of unbranched alkanes of at least 4 members (excludes halogenated alkanes) is 1. The minimum Gasteiger partial charge on any atom is -0.496 e. The molecule has 1 fully saturated rings. The van der Waals surface area contributed by atoms with Crippen LogP contribution >= 0.6 is 0 Å². The Balaban J connectivity index is 1.32. The number of rotatable bonds is 15. The molecule has 0 saturated carbocycles. The first-order valence-corrected chi connectivity index (χ1v) is 19.8. The van der Waals surface area contributed by atoms with Gasteiger partial charge in [0.2, 0.25) is 11.8 Å². The molecule has 12 nitrogen and oxygen atoms in total. The summed E-state index contributed by atoms with van der Waals surface area (Å²) < 4.78 is 16.1. The molecule has 0 bridgehead atoms. The van der Waals surface area contributed by atoms with Gasteiger partial charge in [0.1, 0.15) is 11.8 Å². The Bertz CT molecular complexity index is 1820. The molecule has 0 spiro atoms. The van der Waals surface area contributed by atoms with Gasteiger partial charge in [0.15, 0.2) is 0 Å². The Morgan fingerprint density at radius 3 is 2.16 bits per heavy atom. The Hall–Kier alpha value is -5.39. The lowest BCUT2D eigenvalue weighted by Gasteiger charge is -2.43. The summed E-state index contributed by atoms with van der Waals surface area (Å²) in [6.45, 7) is 8.42. The van der Waals surface area contributed by atoms with Gasteiger partial charge < -0.3 is 35.1 Å². The van der Waals surface area contributed by atoms with E-state index in [-0.39, 0.29) is 36.0 Å². The molecule has 300 valence electrons. The molecule has 5 rings (SSSR count). The first-order valence-electron chi connectivity index (χ1n) is 19.8. The number of carbonyl (C=O) groups is 5. The third-order valence-electron chi connectivity index (χ3n) is 10.5. The lowest BCUT2D eigenvalue weighted by atomic mass is 9.62. The van der Waals surface area contributed by atoms with Crippen molar-refractivity contribution >= 4 is 29.8 Å². The number of hydrogen-bond acceptors (Lipinski definition) is 8. The average Bonchev–Trinajstić information content (AvgIpc) is 3.19. The van der Waals surface area contributed by atoms with Crippen molar-refractivity contribution in [1.29, 1.82) is 0 Å². The number of esters is 1. The highest BCUT2D eigenvalue weighted by Gasteiger charge is 2.49. The number of carbonyl (C=O) groups excluding carboxylic acids is 5. The molecule has 3 aromatic rings. The van der Waals surface area contributed by atoms with Gasteiger partial charge in [-0.15, -0.1) is 0 Å². The van der Waals surface area contributed by atoms with E-state index < -0.39 is 29.4 Å². The number of amides is 4. The van der Waals surface area contributed by atoms with Crippen LogP contribution in [-0.2, 0) is 29.3 Å². The summed E-state index contributed by atoms with van der Waals surface area (Å²) in [4.78, 5) is 69.5. The standard InChI is InChI=1S/C44H56N4O8/c1-29(2)55-41(51)37(20-13-14-26-45-43(53)56-30(3)4)47-42(52)44(31-15-7-6-8-16-31)25-22-34(33-17-9-11-19-36(33)44)40(50)48-27-23-32(24-28-48)46-39(49)35-18-10-12-21-38(35)54-5/h6-12,15-19,21,29-30,32,34,37H,13-14,20,22-28H2,1-5H3,(H,45,53)(H,46,49)(H,47,52)/t34-,37-,44+/m0/s1. The maximum Gasteiger partial charge on any atom is 0.407 e. The Morgan fingerprint density at radius 1 is 0.804 bits per heavy atom. The molecule has 1 heterocycles. The lowest BCUT2D eigenvalue weighted by Crippen LogP contribution is -2.54. The molecular weight excluding hydrogens is 713 g/mol. The maximum atomic E-state index is 14.9. The molecule has 3 atom stereocenters. The van der Waals surface area contributed by atoms with Crippen LogP contribution in [-0.4, -0.2) is 85.7 Å². The molecule has 0 aromatic heterocycles. The van der Waals surface area contributed by atoms with Crippen molar-refractivity contribution in [2.24, 2.45) is 0 Å². The quantitative estimate of drug-likeness (QED) is 0.125. The zero-order valence-corrected chi connectivity index (χ0v) is 33.2. The molecule has 0 radical (unpaired) electrons. The lowest BCUT2D eigenvalue weighted by molar-refractivity contribution is -0.152. The van der Waals surface area contributed by atoms with E-state index in [1.54, 1.807) is 45.9 Å². The molecule has 1 aliphatic heterocycles. The second-order valence-electron chi connectivity index (χ2n) is 15.1. The second-order valence-corrected chi connectivity index (χ2v) is 15.1. The van der Waals surface area contributed by atoms with Crippen LogP contribution in [0.2, 0.25) is 0 Å². The number of alkyl carbamates (subject to hydrolysis) is 1. The number of nitrogens with zero attached hydrogens (tertiary/aromatic N) is 1. The van der Waals surface area contributed by atoms with Crippen molar-refractivity contribution in [3.05, 3.63) is 101 Å². The third kappa shape index (κ3) is 10.1. The number of benzene rings is 3.